The van der Waals surface area contributed by atoms with Crippen molar-refractivity contribution < 1.29 is 49.3 Å². The van der Waals surface area contributed by atoms with Gasteiger partial charge in [0.15, 0.2) is 6.20 Å². The molecule has 0 spiro atoms. The Morgan fingerprint density at radius 1 is 1.18 bits per heavy atom. The van der Waals surface area contributed by atoms with Crippen LogP contribution in [0.15, 0.2) is 48.7 Å². The van der Waals surface area contributed by atoms with Gasteiger partial charge < -0.3 is 44.9 Å². The van der Waals surface area contributed by atoms with Crippen LogP contribution < -0.4 is 40.0 Å². The second-order valence-corrected chi connectivity index (χ2v) is 9.25. The molecule has 2 aromatic heterocycles. The Hall–Kier alpha value is -2.58. The summed E-state index contributed by atoms with van der Waals surface area (Å²) in [5.41, 5.74) is 3.93. The summed E-state index contributed by atoms with van der Waals surface area (Å²) in [4.78, 5) is 17.5. The number of nitrogens with one attached hydrogen (secondary N) is 3. The first-order valence-corrected chi connectivity index (χ1v) is 11.9. The van der Waals surface area contributed by atoms with Crippen LogP contribution in [-0.2, 0) is 11.3 Å². The van der Waals surface area contributed by atoms with Crippen molar-refractivity contribution in [3.63, 3.8) is 0 Å². The normalized spacial score (nSPS) is 13.4. The number of halogens is 2. The molecule has 0 amide bonds. The van der Waals surface area contributed by atoms with Gasteiger partial charge in [-0.2, -0.15) is 0 Å². The van der Waals surface area contributed by atoms with Crippen LogP contribution in [-0.4, -0.2) is 30.8 Å². The molecule has 6 nitrogen and oxygen atoms in total. The molecule has 1 fully saturated rings. The Morgan fingerprint density at radius 3 is 2.71 bits per heavy atom. The van der Waals surface area contributed by atoms with E-state index in [9.17, 15) is 9.90 Å². The maximum atomic E-state index is 12.7. The number of ether oxygens (including phenoxy) is 1. The number of esters is 1. The highest BCUT2D eigenvalue weighted by molar-refractivity contribution is 7.26. The second-order valence-electron chi connectivity index (χ2n) is 8.20. The second kappa shape index (κ2) is 11.2. The van der Waals surface area contributed by atoms with Gasteiger partial charge in [-0.1, -0.05) is 12.1 Å². The molecule has 34 heavy (non-hydrogen) atoms. The molecule has 0 aliphatic carbocycles. The summed E-state index contributed by atoms with van der Waals surface area (Å²) in [6.07, 6.45) is 4.19. The van der Waals surface area contributed by atoms with E-state index in [2.05, 4.69) is 22.4 Å². The fourth-order valence-electron chi connectivity index (χ4n) is 4.47. The van der Waals surface area contributed by atoms with E-state index in [0.717, 1.165) is 56.9 Å². The van der Waals surface area contributed by atoms with Crippen LogP contribution in [0.5, 0.6) is 5.75 Å². The highest BCUT2D eigenvalue weighted by atomic mass is 35.5. The first-order valence-electron chi connectivity index (χ1n) is 11.1. The minimum Gasteiger partial charge on any atom is -1.00 e. The van der Waals surface area contributed by atoms with E-state index in [4.69, 9.17) is 4.74 Å². The number of carbonyl (C=O) groups excluding carboxylic acids is 1. The number of hydrogen-bond donors (Lipinski definition) is 3. The van der Waals surface area contributed by atoms with Crippen LogP contribution in [0.3, 0.4) is 0 Å². The van der Waals surface area contributed by atoms with Crippen molar-refractivity contribution in [3.8, 4) is 5.75 Å². The molecule has 9 heteroatoms. The van der Waals surface area contributed by atoms with E-state index >= 15 is 0 Å². The molecule has 3 heterocycles. The number of anilines is 2. The predicted octanol–water partition coefficient (Wildman–Crippen LogP) is -2.32. The van der Waals surface area contributed by atoms with E-state index < -0.39 is 0 Å². The molecule has 0 bridgehead atoms. The number of aromatic hydroxyl groups is 1. The Labute approximate surface area is 214 Å². The first kappa shape index (κ1) is 26.0. The first-order chi connectivity index (χ1) is 15.6. The SMILES string of the molecule is CCOC(=O)c1c[nH+]c2c(sc3ccccc32)c1Nc1ccc(O)c(C[NH+]2CCCC2)c1.[Cl-].[Cl-]. The number of aromatic nitrogens is 1. The number of likely N-dealkylation sites (tertiary alicyclic amines) is 1. The largest absolute Gasteiger partial charge is 1.00 e. The molecule has 1 saturated heterocycles. The number of thiophene rings is 1. The molecule has 4 aromatic rings. The lowest BCUT2D eigenvalue weighted by Gasteiger charge is -2.15. The molecule has 1 aliphatic rings. The summed E-state index contributed by atoms with van der Waals surface area (Å²) in [6, 6.07) is 13.8. The predicted molar refractivity (Wildman–Crippen MR) is 127 cm³/mol. The van der Waals surface area contributed by atoms with Crippen LogP contribution in [0.2, 0.25) is 0 Å². The number of H-pyrrole nitrogens is 1. The molecule has 0 saturated carbocycles. The molecule has 0 unspecified atom stereocenters. The Kier molecular flexibility index (Phi) is 8.60. The van der Waals surface area contributed by atoms with Gasteiger partial charge in [0.2, 0.25) is 5.52 Å². The van der Waals surface area contributed by atoms with Crippen molar-refractivity contribution in [2.24, 2.45) is 0 Å². The fourth-order valence-corrected chi connectivity index (χ4v) is 5.65. The lowest BCUT2D eigenvalue weighted by atomic mass is 10.1. The molecule has 1 aliphatic heterocycles. The van der Waals surface area contributed by atoms with Crippen molar-refractivity contribution in [2.45, 2.75) is 26.3 Å². The van der Waals surface area contributed by atoms with Crippen molar-refractivity contribution in [1.82, 2.24) is 0 Å². The highest BCUT2D eigenvalue weighted by Gasteiger charge is 2.24. The summed E-state index contributed by atoms with van der Waals surface area (Å²) < 4.78 is 7.44. The van der Waals surface area contributed by atoms with E-state index in [-0.39, 0.29) is 30.8 Å². The number of quaternary nitrogens is 1. The molecule has 4 N–H and O–H groups in total. The van der Waals surface area contributed by atoms with E-state index in [1.807, 2.05) is 24.3 Å². The zero-order chi connectivity index (χ0) is 22.1. The van der Waals surface area contributed by atoms with Crippen LogP contribution in [0, 0.1) is 0 Å². The maximum absolute atomic E-state index is 12.7. The van der Waals surface area contributed by atoms with Crippen LogP contribution in [0.4, 0.5) is 11.4 Å². The highest BCUT2D eigenvalue weighted by Crippen LogP contribution is 2.39. The van der Waals surface area contributed by atoms with Crippen LogP contribution in [0.25, 0.3) is 20.3 Å². The molecule has 0 radical (unpaired) electrons. The third-order valence-corrected chi connectivity index (χ3v) is 7.24. The number of phenolic OH excluding ortho intramolecular Hbond substituents is 1. The lowest BCUT2D eigenvalue weighted by Crippen LogP contribution is -3.08. The van der Waals surface area contributed by atoms with Gasteiger partial charge >= 0.3 is 5.97 Å². The number of benzene rings is 2. The Morgan fingerprint density at radius 2 is 1.94 bits per heavy atom. The Bertz CT molecular complexity index is 1310. The van der Waals surface area contributed by atoms with E-state index in [0.29, 0.717) is 17.9 Å². The van der Waals surface area contributed by atoms with Crippen molar-refractivity contribution in [1.29, 1.82) is 0 Å². The number of fused-ring (bicyclic) bond motifs is 3. The maximum Gasteiger partial charge on any atom is 0.346 e. The van der Waals surface area contributed by atoms with Gasteiger partial charge in [0.1, 0.15) is 22.6 Å². The molecular formula is C25H27Cl2N3O3S. The van der Waals surface area contributed by atoms with E-state index in [1.165, 1.54) is 17.7 Å². The van der Waals surface area contributed by atoms with Crippen LogP contribution >= 0.6 is 11.3 Å². The Balaban J connectivity index is 0.00000162. The van der Waals surface area contributed by atoms with Gasteiger partial charge in [0.05, 0.1) is 30.8 Å². The van der Waals surface area contributed by atoms with E-state index in [1.54, 1.807) is 30.5 Å². The summed E-state index contributed by atoms with van der Waals surface area (Å²) in [6.45, 7) is 5.19. The van der Waals surface area contributed by atoms with Gasteiger partial charge in [-0.3, -0.25) is 0 Å². The smallest absolute Gasteiger partial charge is 0.346 e. The van der Waals surface area contributed by atoms with Gasteiger partial charge in [0, 0.05) is 28.8 Å². The van der Waals surface area contributed by atoms with Crippen molar-refractivity contribution >= 4 is 49.0 Å². The number of phenols is 1. The average Bonchev–Trinajstić information content (AvgIpc) is 3.44. The average molecular weight is 520 g/mol. The molecule has 2 aromatic carbocycles. The monoisotopic (exact) mass is 519 g/mol. The summed E-state index contributed by atoms with van der Waals surface area (Å²) >= 11 is 1.64. The minimum atomic E-state index is -0.369. The zero-order valence-corrected chi connectivity index (χ0v) is 21.1. The van der Waals surface area contributed by atoms with Crippen molar-refractivity contribution in [3.05, 3.63) is 59.8 Å². The van der Waals surface area contributed by atoms with Gasteiger partial charge in [-0.25, -0.2) is 9.78 Å². The fraction of sp³-hybridized carbons (Fsp3) is 0.280. The lowest BCUT2D eigenvalue weighted by molar-refractivity contribution is -0.901. The number of aromatic amines is 1. The summed E-state index contributed by atoms with van der Waals surface area (Å²) in [5.74, 6) is -0.0555. The number of rotatable bonds is 6. The third kappa shape index (κ3) is 5.08. The topological polar surface area (TPSA) is 77.1 Å². The molecule has 180 valence electrons. The quantitative estimate of drug-likeness (QED) is 0.197. The van der Waals surface area contributed by atoms with Gasteiger partial charge in [0.25, 0.3) is 0 Å². The minimum absolute atomic E-state index is 0. The third-order valence-electron chi connectivity index (χ3n) is 6.05. The standard InChI is InChI=1S/C25H25N3O3S.2ClH/c1-2-31-25(30)19-14-26-22-18-7-3-4-8-21(18)32-24(22)23(19)27-17-9-10-20(29)16(13-17)15-28-11-5-6-12-28;;/h3-4,7-10,13-14,29H,2,5-6,11-12,15H2,1H3,(H,26,27);2*1H. The zero-order valence-electron chi connectivity index (χ0n) is 18.8. The number of carbonyl (C=O) groups is 1. The van der Waals surface area contributed by atoms with Crippen LogP contribution in [0.1, 0.15) is 35.7 Å². The molecular weight excluding hydrogens is 493 g/mol. The van der Waals surface area contributed by atoms with Crippen molar-refractivity contribution in [2.75, 3.05) is 25.0 Å². The molecule has 0 atom stereocenters. The molecule has 5 rings (SSSR count). The summed E-state index contributed by atoms with van der Waals surface area (Å²) in [7, 11) is 0. The number of hydrogen-bond acceptors (Lipinski definition) is 5. The number of pyridine rings is 1. The van der Waals surface area contributed by atoms with Gasteiger partial charge in [-0.05, 0) is 37.3 Å². The summed E-state index contributed by atoms with van der Waals surface area (Å²) in [5, 5.41) is 15.0. The van der Waals surface area contributed by atoms with Gasteiger partial charge in [-0.15, -0.1) is 11.3 Å².